The first-order valence-corrected chi connectivity index (χ1v) is 7.65. The van der Waals surface area contributed by atoms with Gasteiger partial charge in [-0.15, -0.1) is 11.3 Å². The molecule has 1 aromatic carbocycles. The van der Waals surface area contributed by atoms with Crippen molar-refractivity contribution in [2.24, 2.45) is 0 Å². The average Bonchev–Trinajstić information content (AvgIpc) is 3.19. The Kier molecular flexibility index (Phi) is 4.20. The number of carbonyl (C=O) groups excluding carboxylic acids is 2. The van der Waals surface area contributed by atoms with E-state index in [1.54, 1.807) is 23.8 Å². The fourth-order valence-corrected chi connectivity index (χ4v) is 3.01. The van der Waals surface area contributed by atoms with Crippen molar-refractivity contribution in [2.45, 2.75) is 6.54 Å². The van der Waals surface area contributed by atoms with E-state index in [1.165, 1.54) is 11.3 Å². The molecule has 0 spiro atoms. The highest BCUT2D eigenvalue weighted by Gasteiger charge is 2.12. The summed E-state index contributed by atoms with van der Waals surface area (Å²) in [6, 6.07) is 11.2. The Morgan fingerprint density at radius 2 is 1.95 bits per heavy atom. The zero-order valence-electron chi connectivity index (χ0n) is 11.7. The molecule has 2 N–H and O–H groups in total. The van der Waals surface area contributed by atoms with Crippen molar-refractivity contribution in [1.82, 2.24) is 10.6 Å². The zero-order valence-corrected chi connectivity index (χ0v) is 12.5. The minimum atomic E-state index is -0.260. The third-order valence-electron chi connectivity index (χ3n) is 3.17. The Morgan fingerprint density at radius 3 is 2.77 bits per heavy atom. The molecule has 0 aliphatic carbocycles. The Hall–Kier alpha value is -2.60. The highest BCUT2D eigenvalue weighted by Crippen LogP contribution is 2.25. The van der Waals surface area contributed by atoms with E-state index in [-0.39, 0.29) is 18.4 Å². The molecule has 22 heavy (non-hydrogen) atoms. The molecule has 0 fully saturated rings. The molecule has 0 bridgehead atoms. The van der Waals surface area contributed by atoms with E-state index in [9.17, 15) is 9.59 Å². The van der Waals surface area contributed by atoms with E-state index in [2.05, 4.69) is 10.6 Å². The number of hydrogen-bond donors (Lipinski definition) is 2. The summed E-state index contributed by atoms with van der Waals surface area (Å²) < 4.78 is 6.17. The highest BCUT2D eigenvalue weighted by molar-refractivity contribution is 7.17. The molecular weight excluding hydrogens is 300 g/mol. The van der Waals surface area contributed by atoms with Crippen molar-refractivity contribution in [2.75, 3.05) is 6.54 Å². The first-order valence-electron chi connectivity index (χ1n) is 6.77. The van der Waals surface area contributed by atoms with Crippen LogP contribution < -0.4 is 10.6 Å². The summed E-state index contributed by atoms with van der Waals surface area (Å²) in [5.74, 6) is 0.165. The van der Waals surface area contributed by atoms with Gasteiger partial charge in [-0.1, -0.05) is 18.2 Å². The van der Waals surface area contributed by atoms with Crippen LogP contribution in [0.4, 0.5) is 0 Å². The van der Waals surface area contributed by atoms with Crippen LogP contribution in [0, 0.1) is 0 Å². The number of carbonyl (C=O) groups is 2. The molecule has 5 nitrogen and oxygen atoms in total. The van der Waals surface area contributed by atoms with Crippen LogP contribution in [0.15, 0.2) is 52.5 Å². The van der Waals surface area contributed by atoms with Gasteiger partial charge in [-0.2, -0.15) is 0 Å². The number of furan rings is 1. The zero-order chi connectivity index (χ0) is 15.4. The van der Waals surface area contributed by atoms with Gasteiger partial charge in [-0.25, -0.2) is 0 Å². The molecule has 0 radical (unpaired) electrons. The summed E-state index contributed by atoms with van der Waals surface area (Å²) in [4.78, 5) is 23.9. The van der Waals surface area contributed by atoms with Crippen LogP contribution in [0.25, 0.3) is 10.1 Å². The van der Waals surface area contributed by atoms with Gasteiger partial charge in [0.15, 0.2) is 0 Å². The molecule has 2 amide bonds. The number of nitrogens with one attached hydrogen (secondary N) is 2. The summed E-state index contributed by atoms with van der Waals surface area (Å²) >= 11 is 1.51. The number of thiophene rings is 1. The average molecular weight is 314 g/mol. The second-order valence-electron chi connectivity index (χ2n) is 4.68. The predicted molar refractivity (Wildman–Crippen MR) is 84.7 cm³/mol. The Balaban J connectivity index is 1.54. The largest absolute Gasteiger partial charge is 0.467 e. The molecule has 0 unspecified atom stereocenters. The van der Waals surface area contributed by atoms with E-state index in [0.717, 1.165) is 10.1 Å². The molecule has 112 valence electrons. The van der Waals surface area contributed by atoms with Crippen molar-refractivity contribution in [3.05, 3.63) is 59.4 Å². The molecule has 0 saturated carbocycles. The Morgan fingerprint density at radius 1 is 1.09 bits per heavy atom. The van der Waals surface area contributed by atoms with Crippen molar-refractivity contribution in [3.63, 3.8) is 0 Å². The summed E-state index contributed by atoms with van der Waals surface area (Å²) in [5.41, 5.74) is 0.597. The normalized spacial score (nSPS) is 10.5. The third kappa shape index (κ3) is 3.17. The quantitative estimate of drug-likeness (QED) is 0.760. The lowest BCUT2D eigenvalue weighted by atomic mass is 10.1. The topological polar surface area (TPSA) is 71.3 Å². The van der Waals surface area contributed by atoms with Gasteiger partial charge in [0.1, 0.15) is 5.76 Å². The lowest BCUT2D eigenvalue weighted by Gasteiger charge is -2.05. The van der Waals surface area contributed by atoms with Crippen LogP contribution in [0.3, 0.4) is 0 Å². The molecule has 0 aliphatic heterocycles. The van der Waals surface area contributed by atoms with Crippen LogP contribution >= 0.6 is 11.3 Å². The second kappa shape index (κ2) is 6.44. The minimum Gasteiger partial charge on any atom is -0.467 e. The minimum absolute atomic E-state index is 0.0658. The summed E-state index contributed by atoms with van der Waals surface area (Å²) in [5, 5.41) is 8.02. The molecule has 6 heteroatoms. The fourth-order valence-electron chi connectivity index (χ4n) is 2.07. The number of hydrogen-bond acceptors (Lipinski definition) is 4. The molecular formula is C16H14N2O3S. The van der Waals surface area contributed by atoms with E-state index in [1.807, 2.05) is 24.3 Å². The van der Waals surface area contributed by atoms with Gasteiger partial charge in [0.2, 0.25) is 5.91 Å². The number of fused-ring (bicyclic) bond motifs is 1. The Bertz CT molecular complexity index is 793. The monoisotopic (exact) mass is 314 g/mol. The van der Waals surface area contributed by atoms with E-state index in [4.69, 9.17) is 4.42 Å². The predicted octanol–water partition coefficient (Wildman–Crippen LogP) is 2.54. The third-order valence-corrected chi connectivity index (χ3v) is 4.14. The molecule has 2 heterocycles. The maximum absolute atomic E-state index is 12.2. The first kappa shape index (κ1) is 14.3. The number of amides is 2. The lowest BCUT2D eigenvalue weighted by Crippen LogP contribution is -2.36. The fraction of sp³-hybridized carbons (Fsp3) is 0.125. The first-order chi connectivity index (χ1) is 10.7. The van der Waals surface area contributed by atoms with Crippen molar-refractivity contribution in [1.29, 1.82) is 0 Å². The summed E-state index contributed by atoms with van der Waals surface area (Å²) in [6.45, 7) is 0.243. The van der Waals surface area contributed by atoms with Gasteiger partial charge in [0.05, 0.1) is 24.9 Å². The van der Waals surface area contributed by atoms with Gasteiger partial charge in [-0.3, -0.25) is 9.59 Å². The van der Waals surface area contributed by atoms with Crippen LogP contribution in [-0.2, 0) is 11.3 Å². The molecule has 0 saturated heterocycles. The molecule has 3 aromatic rings. The second-order valence-corrected chi connectivity index (χ2v) is 5.60. The van der Waals surface area contributed by atoms with Crippen molar-refractivity contribution < 1.29 is 14.0 Å². The van der Waals surface area contributed by atoms with Gasteiger partial charge >= 0.3 is 0 Å². The van der Waals surface area contributed by atoms with Crippen LogP contribution in [0.2, 0.25) is 0 Å². The summed E-state index contributed by atoms with van der Waals surface area (Å²) in [6.07, 6.45) is 1.55. The molecule has 2 aromatic heterocycles. The van der Waals surface area contributed by atoms with E-state index >= 15 is 0 Å². The molecule has 3 rings (SSSR count). The van der Waals surface area contributed by atoms with Gasteiger partial charge in [0.25, 0.3) is 5.91 Å². The Labute approximate surface area is 130 Å². The van der Waals surface area contributed by atoms with Crippen LogP contribution in [0.1, 0.15) is 16.1 Å². The van der Waals surface area contributed by atoms with Crippen LogP contribution in [-0.4, -0.2) is 18.4 Å². The van der Waals surface area contributed by atoms with E-state index < -0.39 is 0 Å². The SMILES string of the molecule is O=C(CNC(=O)c1csc2ccccc12)NCc1ccco1. The van der Waals surface area contributed by atoms with Gasteiger partial charge < -0.3 is 15.1 Å². The van der Waals surface area contributed by atoms with Crippen molar-refractivity contribution in [3.8, 4) is 0 Å². The lowest BCUT2D eigenvalue weighted by molar-refractivity contribution is -0.120. The highest BCUT2D eigenvalue weighted by atomic mass is 32.1. The van der Waals surface area contributed by atoms with Gasteiger partial charge in [0, 0.05) is 15.5 Å². The smallest absolute Gasteiger partial charge is 0.253 e. The van der Waals surface area contributed by atoms with E-state index in [0.29, 0.717) is 17.9 Å². The number of benzene rings is 1. The maximum atomic E-state index is 12.2. The standard InChI is InChI=1S/C16H14N2O3S/c19-15(17-8-11-4-3-7-21-11)9-18-16(20)13-10-22-14-6-2-1-5-12(13)14/h1-7,10H,8-9H2,(H,17,19)(H,18,20). The number of rotatable bonds is 5. The molecule has 0 atom stereocenters. The molecule has 0 aliphatic rings. The summed E-state index contributed by atoms with van der Waals surface area (Å²) in [7, 11) is 0. The van der Waals surface area contributed by atoms with Crippen molar-refractivity contribution >= 4 is 33.2 Å². The van der Waals surface area contributed by atoms with Crippen LogP contribution in [0.5, 0.6) is 0 Å². The maximum Gasteiger partial charge on any atom is 0.253 e. The van der Waals surface area contributed by atoms with Gasteiger partial charge in [-0.05, 0) is 18.2 Å².